The van der Waals surface area contributed by atoms with E-state index in [-0.39, 0.29) is 54.1 Å². The SMILES string of the molecule is Cc1c(F)c(N)cc(-c2nc3c4c(nc(N5CCOC[C@H]5CO)nc4c2F)N2C[C@H]4CC[C@H](N4)[C@H]2[C@H](C)O3)c1C(F)(F)F. The third-order valence-corrected chi connectivity index (χ3v) is 9.00. The van der Waals surface area contributed by atoms with Crippen molar-refractivity contribution in [3.8, 4) is 17.1 Å². The highest BCUT2D eigenvalue weighted by Crippen LogP contribution is 2.47. The molecule has 5 atom stereocenters. The third-order valence-electron chi connectivity index (χ3n) is 9.00. The number of hydrogen-bond donors (Lipinski definition) is 3. The molecule has 7 rings (SSSR count). The number of nitrogen functional groups attached to an aromatic ring is 1. The monoisotopic (exact) mass is 607 g/mol. The molecule has 4 aliphatic rings. The summed E-state index contributed by atoms with van der Waals surface area (Å²) >= 11 is 0. The largest absolute Gasteiger partial charge is 0.472 e. The second-order valence-corrected chi connectivity index (χ2v) is 11.6. The number of nitrogens with zero attached hydrogens (tertiary/aromatic N) is 5. The number of fused-ring (bicyclic) bond motifs is 5. The van der Waals surface area contributed by atoms with Gasteiger partial charge in [0.25, 0.3) is 0 Å². The second kappa shape index (κ2) is 9.99. The first-order valence-electron chi connectivity index (χ1n) is 14.2. The van der Waals surface area contributed by atoms with Gasteiger partial charge in [-0.1, -0.05) is 0 Å². The van der Waals surface area contributed by atoms with Gasteiger partial charge in [0, 0.05) is 30.7 Å². The van der Waals surface area contributed by atoms with Crippen LogP contribution in [-0.4, -0.2) is 83.2 Å². The fourth-order valence-corrected chi connectivity index (χ4v) is 7.05. The van der Waals surface area contributed by atoms with E-state index < -0.39 is 58.0 Å². The van der Waals surface area contributed by atoms with Gasteiger partial charge in [-0.15, -0.1) is 0 Å². The van der Waals surface area contributed by atoms with Crippen LogP contribution >= 0.6 is 0 Å². The van der Waals surface area contributed by atoms with Crippen molar-refractivity contribution in [3.05, 3.63) is 28.8 Å². The first-order chi connectivity index (χ1) is 20.5. The normalized spacial score (nSPS) is 26.8. The number of piperazine rings is 1. The lowest BCUT2D eigenvalue weighted by atomic mass is 9.96. The van der Waals surface area contributed by atoms with Crippen LogP contribution in [-0.2, 0) is 10.9 Å². The molecule has 43 heavy (non-hydrogen) atoms. The molecule has 4 aliphatic heterocycles. The Labute approximate surface area is 243 Å². The average molecular weight is 608 g/mol. The number of morpholine rings is 1. The van der Waals surface area contributed by atoms with Crippen molar-refractivity contribution in [3.63, 3.8) is 0 Å². The summed E-state index contributed by atoms with van der Waals surface area (Å²) in [5.41, 5.74) is 1.27. The van der Waals surface area contributed by atoms with Gasteiger partial charge in [-0.25, -0.2) is 18.7 Å². The summed E-state index contributed by atoms with van der Waals surface area (Å²) in [5, 5.41) is 13.8. The van der Waals surface area contributed by atoms with Gasteiger partial charge in [0.15, 0.2) is 5.82 Å². The number of aliphatic hydroxyl groups excluding tert-OH is 1. The molecule has 230 valence electrons. The first kappa shape index (κ1) is 28.2. The van der Waals surface area contributed by atoms with E-state index in [0.29, 0.717) is 25.5 Å². The lowest BCUT2D eigenvalue weighted by Crippen LogP contribution is -2.62. The smallest absolute Gasteiger partial charge is 0.417 e. The zero-order chi connectivity index (χ0) is 30.4. The third kappa shape index (κ3) is 4.34. The summed E-state index contributed by atoms with van der Waals surface area (Å²) in [7, 11) is 0. The van der Waals surface area contributed by atoms with Gasteiger partial charge in [-0.2, -0.15) is 18.2 Å². The lowest BCUT2D eigenvalue weighted by Gasteiger charge is -2.43. The Hall–Kier alpha value is -3.56. The van der Waals surface area contributed by atoms with Crippen LogP contribution in [0.3, 0.4) is 0 Å². The summed E-state index contributed by atoms with van der Waals surface area (Å²) in [6, 6.07) is 0.181. The van der Waals surface area contributed by atoms with Crippen LogP contribution < -0.4 is 25.6 Å². The minimum absolute atomic E-state index is 0.0331. The minimum Gasteiger partial charge on any atom is -0.472 e. The van der Waals surface area contributed by atoms with Gasteiger partial charge in [0.2, 0.25) is 11.8 Å². The summed E-state index contributed by atoms with van der Waals surface area (Å²) in [6.07, 6.45) is -3.75. The summed E-state index contributed by atoms with van der Waals surface area (Å²) in [6.45, 7) is 3.84. The highest BCUT2D eigenvalue weighted by molar-refractivity contribution is 5.98. The van der Waals surface area contributed by atoms with Crippen LogP contribution in [0, 0.1) is 18.6 Å². The lowest BCUT2D eigenvalue weighted by molar-refractivity contribution is -0.137. The van der Waals surface area contributed by atoms with Crippen molar-refractivity contribution in [1.82, 2.24) is 20.3 Å². The summed E-state index contributed by atoms with van der Waals surface area (Å²) in [4.78, 5) is 17.5. The van der Waals surface area contributed by atoms with Crippen LogP contribution in [0.2, 0.25) is 0 Å². The molecule has 15 heteroatoms. The van der Waals surface area contributed by atoms with Crippen LogP contribution in [0.25, 0.3) is 22.2 Å². The maximum atomic E-state index is 16.7. The molecule has 0 unspecified atom stereocenters. The van der Waals surface area contributed by atoms with Crippen molar-refractivity contribution in [2.45, 2.75) is 63.1 Å². The Morgan fingerprint density at radius 2 is 1.93 bits per heavy atom. The maximum Gasteiger partial charge on any atom is 0.417 e. The Balaban J connectivity index is 1.53. The summed E-state index contributed by atoms with van der Waals surface area (Å²) in [5.74, 6) is -2.07. The number of ether oxygens (including phenoxy) is 2. The van der Waals surface area contributed by atoms with Gasteiger partial charge in [-0.3, -0.25) is 0 Å². The Bertz CT molecular complexity index is 1620. The Morgan fingerprint density at radius 1 is 1.14 bits per heavy atom. The van der Waals surface area contributed by atoms with Gasteiger partial charge in [0.05, 0.1) is 43.2 Å². The zero-order valence-electron chi connectivity index (χ0n) is 23.4. The standard InChI is InChI=1S/C28H30F5N7O3/c1-11-19(28(31,32)33)15(7-16(34)20(11)29)22-21(30)23-18-25(38-27(37-23)39-5-6-42-10-14(39)9-41)40-8-13-3-4-17(35-13)24(40)12(2)43-26(18)36-22/h7,12-14,17,24,35,41H,3-6,8-10,34H2,1-2H3/t12-,13+,14+,17-,24+/m0/s1. The number of pyridine rings is 1. The van der Waals surface area contributed by atoms with Gasteiger partial charge >= 0.3 is 6.18 Å². The molecule has 1 aromatic carbocycles. The minimum atomic E-state index is -5.05. The molecule has 0 amide bonds. The molecule has 2 aromatic heterocycles. The van der Waals surface area contributed by atoms with E-state index >= 15 is 4.39 Å². The average Bonchev–Trinajstić information content (AvgIpc) is 3.30. The fourth-order valence-electron chi connectivity index (χ4n) is 7.05. The molecular formula is C28H30F5N7O3. The number of nitrogens with two attached hydrogens (primary N) is 1. The van der Waals surface area contributed by atoms with Gasteiger partial charge < -0.3 is 35.4 Å². The molecule has 3 saturated heterocycles. The highest BCUT2D eigenvalue weighted by atomic mass is 19.4. The van der Waals surface area contributed by atoms with E-state index in [0.717, 1.165) is 25.8 Å². The highest BCUT2D eigenvalue weighted by Gasteiger charge is 2.48. The van der Waals surface area contributed by atoms with Gasteiger partial charge in [0.1, 0.15) is 34.3 Å². The molecule has 3 aromatic rings. The van der Waals surface area contributed by atoms with E-state index in [9.17, 15) is 22.7 Å². The molecule has 4 N–H and O–H groups in total. The van der Waals surface area contributed by atoms with E-state index in [2.05, 4.69) is 20.2 Å². The predicted molar refractivity (Wildman–Crippen MR) is 147 cm³/mol. The van der Waals surface area contributed by atoms with Crippen LogP contribution in [0.1, 0.15) is 30.9 Å². The number of nitrogens with one attached hydrogen (secondary N) is 1. The first-order valence-corrected chi connectivity index (χ1v) is 14.2. The number of benzene rings is 1. The van der Waals surface area contributed by atoms with E-state index in [4.69, 9.17) is 20.2 Å². The van der Waals surface area contributed by atoms with Crippen LogP contribution in [0.5, 0.6) is 5.88 Å². The molecule has 3 fully saturated rings. The molecule has 0 saturated carbocycles. The topological polar surface area (TPSA) is 122 Å². The Morgan fingerprint density at radius 3 is 2.67 bits per heavy atom. The summed E-state index contributed by atoms with van der Waals surface area (Å²) < 4.78 is 86.2. The van der Waals surface area contributed by atoms with Crippen molar-refractivity contribution < 1.29 is 36.5 Å². The maximum absolute atomic E-state index is 16.7. The van der Waals surface area contributed by atoms with E-state index in [1.54, 1.807) is 4.90 Å². The van der Waals surface area contributed by atoms with E-state index in [1.165, 1.54) is 0 Å². The van der Waals surface area contributed by atoms with Crippen molar-refractivity contribution in [2.75, 3.05) is 48.4 Å². The van der Waals surface area contributed by atoms with Gasteiger partial charge in [-0.05, 0) is 38.3 Å². The Kier molecular flexibility index (Phi) is 6.56. The zero-order valence-corrected chi connectivity index (χ0v) is 23.4. The molecule has 6 heterocycles. The van der Waals surface area contributed by atoms with Crippen LogP contribution in [0.15, 0.2) is 6.07 Å². The van der Waals surface area contributed by atoms with Crippen LogP contribution in [0.4, 0.5) is 39.4 Å². The number of alkyl halides is 3. The molecule has 0 radical (unpaired) electrons. The van der Waals surface area contributed by atoms with E-state index in [1.807, 2.05) is 6.92 Å². The fraction of sp³-hybridized carbons (Fsp3) is 0.536. The number of rotatable bonds is 3. The molecule has 0 spiro atoms. The molecule has 10 nitrogen and oxygen atoms in total. The van der Waals surface area contributed by atoms with Crippen molar-refractivity contribution in [2.24, 2.45) is 0 Å². The molecule has 2 bridgehead atoms. The van der Waals surface area contributed by atoms with Crippen molar-refractivity contribution >= 4 is 28.4 Å². The number of aromatic nitrogens is 3. The second-order valence-electron chi connectivity index (χ2n) is 11.6. The predicted octanol–water partition coefficient (Wildman–Crippen LogP) is 3.17. The number of halogens is 5. The quantitative estimate of drug-likeness (QED) is 0.303. The number of anilines is 3. The molecular weight excluding hydrogens is 577 g/mol. The number of hydrogen-bond acceptors (Lipinski definition) is 10. The molecule has 0 aliphatic carbocycles. The van der Waals surface area contributed by atoms with Crippen molar-refractivity contribution in [1.29, 1.82) is 0 Å². The number of aliphatic hydroxyl groups is 1.